The van der Waals surface area contributed by atoms with Crippen LogP contribution >= 0.6 is 11.3 Å². The van der Waals surface area contributed by atoms with Crippen molar-refractivity contribution in [1.29, 1.82) is 0 Å². The highest BCUT2D eigenvalue weighted by atomic mass is 32.2. The van der Waals surface area contributed by atoms with Gasteiger partial charge < -0.3 is 10.1 Å². The SMILES string of the molecule is CCOC(=O)c1sc(-c2ccccc2)cc1NC(=O)C1CCCN(S(=O)(=O)c2ccc(F)cc2)C1. The largest absolute Gasteiger partial charge is 0.462 e. The maximum atomic E-state index is 13.2. The monoisotopic (exact) mass is 516 g/mol. The van der Waals surface area contributed by atoms with Crippen LogP contribution in [-0.4, -0.2) is 44.3 Å². The minimum atomic E-state index is -3.86. The lowest BCUT2D eigenvalue weighted by Crippen LogP contribution is -2.43. The number of piperidine rings is 1. The molecule has 1 unspecified atom stereocenters. The minimum absolute atomic E-state index is 0.00401. The Balaban J connectivity index is 1.54. The maximum absolute atomic E-state index is 13.2. The maximum Gasteiger partial charge on any atom is 0.350 e. The van der Waals surface area contributed by atoms with Crippen LogP contribution in [0.25, 0.3) is 10.4 Å². The summed E-state index contributed by atoms with van der Waals surface area (Å²) in [5.74, 6) is -2.02. The molecule has 1 atom stereocenters. The number of esters is 1. The van der Waals surface area contributed by atoms with Gasteiger partial charge in [0.25, 0.3) is 0 Å². The van der Waals surface area contributed by atoms with E-state index >= 15 is 0 Å². The fourth-order valence-corrected chi connectivity index (χ4v) is 6.48. The zero-order valence-corrected chi connectivity index (χ0v) is 20.7. The van der Waals surface area contributed by atoms with E-state index in [4.69, 9.17) is 4.74 Å². The third-order valence-corrected chi connectivity index (χ3v) is 8.76. The topological polar surface area (TPSA) is 92.8 Å². The number of hydrogen-bond acceptors (Lipinski definition) is 6. The Morgan fingerprint density at radius 2 is 1.86 bits per heavy atom. The van der Waals surface area contributed by atoms with E-state index in [1.165, 1.54) is 27.8 Å². The number of nitrogens with one attached hydrogen (secondary N) is 1. The van der Waals surface area contributed by atoms with Crippen LogP contribution in [0.15, 0.2) is 65.6 Å². The van der Waals surface area contributed by atoms with E-state index in [9.17, 15) is 22.4 Å². The van der Waals surface area contributed by atoms with Gasteiger partial charge in [-0.25, -0.2) is 17.6 Å². The van der Waals surface area contributed by atoms with E-state index in [1.54, 1.807) is 13.0 Å². The standard InChI is InChI=1S/C25H25FN2O5S2/c1-2-33-25(30)23-21(15-22(34-23)17-7-4-3-5-8-17)27-24(29)18-9-6-14-28(16-18)35(31,32)20-12-10-19(26)11-13-20/h3-5,7-8,10-13,15,18H,2,6,9,14,16H2,1H3,(H,27,29). The molecule has 184 valence electrons. The Bertz CT molecular complexity index is 1310. The summed E-state index contributed by atoms with van der Waals surface area (Å²) in [6.07, 6.45) is 1.01. The number of nitrogens with zero attached hydrogens (tertiary/aromatic N) is 1. The summed E-state index contributed by atoms with van der Waals surface area (Å²) in [5, 5.41) is 2.83. The van der Waals surface area contributed by atoms with Gasteiger partial charge in [-0.1, -0.05) is 30.3 Å². The second-order valence-corrected chi connectivity index (χ2v) is 11.1. The van der Waals surface area contributed by atoms with Gasteiger partial charge in [-0.3, -0.25) is 4.79 Å². The third kappa shape index (κ3) is 5.61. The molecule has 1 fully saturated rings. The Kier molecular flexibility index (Phi) is 7.63. The highest BCUT2D eigenvalue weighted by Crippen LogP contribution is 2.36. The summed E-state index contributed by atoms with van der Waals surface area (Å²) >= 11 is 1.23. The molecule has 0 bridgehead atoms. The molecule has 2 heterocycles. The van der Waals surface area contributed by atoms with Crippen molar-refractivity contribution < 1.29 is 27.1 Å². The van der Waals surface area contributed by atoms with Gasteiger partial charge in [-0.15, -0.1) is 11.3 Å². The van der Waals surface area contributed by atoms with E-state index < -0.39 is 27.7 Å². The molecule has 4 rings (SSSR count). The number of rotatable bonds is 7. The Morgan fingerprint density at radius 1 is 1.14 bits per heavy atom. The minimum Gasteiger partial charge on any atom is -0.462 e. The molecule has 1 amide bonds. The fourth-order valence-electron chi connectivity index (χ4n) is 3.94. The van der Waals surface area contributed by atoms with Gasteiger partial charge in [0.05, 0.1) is 23.1 Å². The second kappa shape index (κ2) is 10.7. The van der Waals surface area contributed by atoms with Crippen molar-refractivity contribution in [2.45, 2.75) is 24.7 Å². The molecule has 1 aromatic heterocycles. The Hall–Kier alpha value is -3.08. The van der Waals surface area contributed by atoms with Crippen molar-refractivity contribution in [3.63, 3.8) is 0 Å². The summed E-state index contributed by atoms with van der Waals surface area (Å²) in [7, 11) is -3.86. The fraction of sp³-hybridized carbons (Fsp3) is 0.280. The normalized spacial score (nSPS) is 16.6. The number of anilines is 1. The predicted octanol–water partition coefficient (Wildman–Crippen LogP) is 4.77. The second-order valence-electron chi connectivity index (χ2n) is 8.09. The van der Waals surface area contributed by atoms with E-state index in [-0.39, 0.29) is 35.4 Å². The van der Waals surface area contributed by atoms with E-state index in [1.807, 2.05) is 30.3 Å². The van der Waals surface area contributed by atoms with Crippen molar-refractivity contribution >= 4 is 38.9 Å². The molecule has 3 aromatic rings. The number of amides is 1. The molecule has 1 N–H and O–H groups in total. The smallest absolute Gasteiger partial charge is 0.350 e. The predicted molar refractivity (Wildman–Crippen MR) is 132 cm³/mol. The molecule has 1 saturated heterocycles. The van der Waals surface area contributed by atoms with Gasteiger partial charge in [0.15, 0.2) is 0 Å². The first kappa shape index (κ1) is 25.0. The van der Waals surface area contributed by atoms with Gasteiger partial charge in [-0.05, 0) is 55.7 Å². The van der Waals surface area contributed by atoms with Crippen LogP contribution in [0.4, 0.5) is 10.1 Å². The number of halogens is 1. The van der Waals surface area contributed by atoms with Crippen LogP contribution in [0, 0.1) is 11.7 Å². The average molecular weight is 517 g/mol. The molecule has 1 aliphatic heterocycles. The first-order chi connectivity index (χ1) is 16.8. The molecule has 0 aliphatic carbocycles. The summed E-state index contributed by atoms with van der Waals surface area (Å²) in [5.41, 5.74) is 1.24. The average Bonchev–Trinajstić information content (AvgIpc) is 3.29. The van der Waals surface area contributed by atoms with Crippen molar-refractivity contribution in [3.05, 3.63) is 71.4 Å². The number of carbonyl (C=O) groups excluding carboxylic acids is 2. The van der Waals surface area contributed by atoms with Crippen LogP contribution < -0.4 is 5.32 Å². The Labute approximate surface area is 207 Å². The van der Waals surface area contributed by atoms with Gasteiger partial charge in [0.2, 0.25) is 15.9 Å². The summed E-state index contributed by atoms with van der Waals surface area (Å²) in [6.45, 7) is 2.17. The van der Waals surface area contributed by atoms with Crippen LogP contribution in [0.5, 0.6) is 0 Å². The molecular weight excluding hydrogens is 491 g/mol. The quantitative estimate of drug-likeness (QED) is 0.457. The van der Waals surface area contributed by atoms with Crippen LogP contribution in [0.3, 0.4) is 0 Å². The zero-order valence-electron chi connectivity index (χ0n) is 19.1. The van der Waals surface area contributed by atoms with Crippen molar-refractivity contribution in [2.24, 2.45) is 5.92 Å². The number of benzene rings is 2. The zero-order chi connectivity index (χ0) is 25.0. The van der Waals surface area contributed by atoms with Gasteiger partial charge in [0, 0.05) is 18.0 Å². The molecule has 2 aromatic carbocycles. The summed E-state index contributed by atoms with van der Waals surface area (Å²) in [4.78, 5) is 26.8. The molecule has 7 nitrogen and oxygen atoms in total. The molecular formula is C25H25FN2O5S2. The van der Waals surface area contributed by atoms with Crippen molar-refractivity contribution in [3.8, 4) is 10.4 Å². The van der Waals surface area contributed by atoms with Gasteiger partial charge in [-0.2, -0.15) is 4.31 Å². The van der Waals surface area contributed by atoms with E-state index in [0.29, 0.717) is 18.5 Å². The number of hydrogen-bond donors (Lipinski definition) is 1. The van der Waals surface area contributed by atoms with Crippen LogP contribution in [0.2, 0.25) is 0 Å². The molecule has 35 heavy (non-hydrogen) atoms. The first-order valence-corrected chi connectivity index (χ1v) is 13.5. The highest BCUT2D eigenvalue weighted by Gasteiger charge is 2.34. The summed E-state index contributed by atoms with van der Waals surface area (Å²) in [6, 6.07) is 15.8. The number of sulfonamides is 1. The van der Waals surface area contributed by atoms with Gasteiger partial charge >= 0.3 is 5.97 Å². The number of ether oxygens (including phenoxy) is 1. The number of carbonyl (C=O) groups is 2. The lowest BCUT2D eigenvalue weighted by molar-refractivity contribution is -0.120. The van der Waals surface area contributed by atoms with E-state index in [0.717, 1.165) is 22.6 Å². The summed E-state index contributed by atoms with van der Waals surface area (Å²) < 4.78 is 45.7. The first-order valence-electron chi connectivity index (χ1n) is 11.2. The van der Waals surface area contributed by atoms with E-state index in [2.05, 4.69) is 5.32 Å². The molecule has 1 aliphatic rings. The Morgan fingerprint density at radius 3 is 2.54 bits per heavy atom. The van der Waals surface area contributed by atoms with Crippen LogP contribution in [0.1, 0.15) is 29.4 Å². The van der Waals surface area contributed by atoms with Crippen molar-refractivity contribution in [2.75, 3.05) is 25.0 Å². The molecule has 0 spiro atoms. The highest BCUT2D eigenvalue weighted by molar-refractivity contribution is 7.89. The van der Waals surface area contributed by atoms with Crippen molar-refractivity contribution in [1.82, 2.24) is 4.31 Å². The molecule has 0 saturated carbocycles. The third-order valence-electron chi connectivity index (χ3n) is 5.72. The van der Waals surface area contributed by atoms with Crippen LogP contribution in [-0.2, 0) is 19.6 Å². The molecule has 0 radical (unpaired) electrons. The van der Waals surface area contributed by atoms with Gasteiger partial charge in [0.1, 0.15) is 10.7 Å². The lowest BCUT2D eigenvalue weighted by Gasteiger charge is -2.31. The molecule has 10 heteroatoms. The number of thiophene rings is 1. The lowest BCUT2D eigenvalue weighted by atomic mass is 9.98.